The molecule has 96 valence electrons. The van der Waals surface area contributed by atoms with Gasteiger partial charge in [0.15, 0.2) is 0 Å². The van der Waals surface area contributed by atoms with Gasteiger partial charge in [-0.1, -0.05) is 39.7 Å². The Kier molecular flexibility index (Phi) is 4.81. The largest absolute Gasteiger partial charge is 0.387 e. The van der Waals surface area contributed by atoms with Gasteiger partial charge in [-0.3, -0.25) is 0 Å². The molecule has 3 N–H and O–H groups in total. The predicted octanol–water partition coefficient (Wildman–Crippen LogP) is 3.94. The summed E-state index contributed by atoms with van der Waals surface area (Å²) in [5.41, 5.74) is 6.81. The number of nitrogens with two attached hydrogens (primary N) is 1. The van der Waals surface area contributed by atoms with Gasteiger partial charge in [0.25, 0.3) is 0 Å². The number of benzene rings is 1. The van der Waals surface area contributed by atoms with E-state index in [1.807, 2.05) is 30.3 Å². The van der Waals surface area contributed by atoms with Crippen LogP contribution in [0.3, 0.4) is 0 Å². The molecule has 0 fully saturated rings. The normalized spacial score (nSPS) is 14.4. The molecule has 1 heterocycles. The predicted molar refractivity (Wildman–Crippen MR) is 80.2 cm³/mol. The zero-order valence-electron chi connectivity index (χ0n) is 9.51. The molecule has 0 aliphatic heterocycles. The topological polar surface area (TPSA) is 46.2 Å². The molecular formula is C13H13BrClNOS. The second kappa shape index (κ2) is 6.17. The maximum Gasteiger partial charge on any atom is 0.0962 e. The molecule has 2 atom stereocenters. The smallest absolute Gasteiger partial charge is 0.0962 e. The van der Waals surface area contributed by atoms with E-state index in [1.54, 1.807) is 6.07 Å². The van der Waals surface area contributed by atoms with Crippen LogP contribution in [-0.2, 0) is 0 Å². The maximum atomic E-state index is 10.4. The lowest BCUT2D eigenvalue weighted by Crippen LogP contribution is -2.19. The molecule has 0 amide bonds. The number of rotatable bonds is 4. The van der Waals surface area contributed by atoms with Crippen LogP contribution in [0.15, 0.2) is 40.9 Å². The van der Waals surface area contributed by atoms with Crippen molar-refractivity contribution in [2.75, 3.05) is 6.54 Å². The fraction of sp³-hybridized carbons (Fsp3) is 0.231. The highest BCUT2D eigenvalue weighted by Crippen LogP contribution is 2.36. The Labute approximate surface area is 124 Å². The van der Waals surface area contributed by atoms with Crippen LogP contribution < -0.4 is 5.73 Å². The van der Waals surface area contributed by atoms with E-state index in [0.29, 0.717) is 10.9 Å². The SMILES string of the molecule is NCC(c1cccc(Br)c1)C(O)c1ccc(Cl)s1. The summed E-state index contributed by atoms with van der Waals surface area (Å²) in [6.45, 7) is 0.382. The first kappa shape index (κ1) is 14.0. The Morgan fingerprint density at radius 3 is 2.67 bits per heavy atom. The van der Waals surface area contributed by atoms with Gasteiger partial charge in [-0.15, -0.1) is 11.3 Å². The van der Waals surface area contributed by atoms with Crippen LogP contribution in [0, 0.1) is 0 Å². The number of aliphatic hydroxyl groups is 1. The van der Waals surface area contributed by atoms with Crippen molar-refractivity contribution < 1.29 is 5.11 Å². The van der Waals surface area contributed by atoms with Crippen molar-refractivity contribution in [3.05, 3.63) is 55.6 Å². The lowest BCUT2D eigenvalue weighted by atomic mass is 9.92. The third-order valence-corrected chi connectivity index (χ3v) is 4.59. The first-order valence-corrected chi connectivity index (χ1v) is 7.49. The van der Waals surface area contributed by atoms with E-state index in [2.05, 4.69) is 15.9 Å². The lowest BCUT2D eigenvalue weighted by molar-refractivity contribution is 0.151. The van der Waals surface area contributed by atoms with Gasteiger partial charge in [-0.25, -0.2) is 0 Å². The van der Waals surface area contributed by atoms with Gasteiger partial charge in [0.2, 0.25) is 0 Å². The summed E-state index contributed by atoms with van der Waals surface area (Å²) >= 11 is 10.7. The minimum Gasteiger partial charge on any atom is -0.387 e. The summed E-state index contributed by atoms with van der Waals surface area (Å²) in [7, 11) is 0. The van der Waals surface area contributed by atoms with Crippen molar-refractivity contribution in [1.82, 2.24) is 0 Å². The fourth-order valence-corrected chi connectivity index (χ4v) is 3.40. The summed E-state index contributed by atoms with van der Waals surface area (Å²) in [5.74, 6) is -0.128. The quantitative estimate of drug-likeness (QED) is 0.881. The van der Waals surface area contributed by atoms with Crippen molar-refractivity contribution in [2.24, 2.45) is 5.73 Å². The Bertz CT molecular complexity index is 531. The van der Waals surface area contributed by atoms with Crippen molar-refractivity contribution in [2.45, 2.75) is 12.0 Å². The van der Waals surface area contributed by atoms with E-state index in [4.69, 9.17) is 17.3 Å². The van der Waals surface area contributed by atoms with Crippen LogP contribution >= 0.6 is 38.9 Å². The summed E-state index contributed by atoms with van der Waals surface area (Å²) in [4.78, 5) is 0.843. The molecule has 5 heteroatoms. The van der Waals surface area contributed by atoms with Crippen molar-refractivity contribution >= 4 is 38.9 Å². The average molecular weight is 347 g/mol. The van der Waals surface area contributed by atoms with Crippen LogP contribution in [0.25, 0.3) is 0 Å². The number of halogens is 2. The Balaban J connectivity index is 2.28. The van der Waals surface area contributed by atoms with Crippen molar-refractivity contribution in [3.63, 3.8) is 0 Å². The van der Waals surface area contributed by atoms with E-state index in [9.17, 15) is 5.11 Å². The van der Waals surface area contributed by atoms with Crippen molar-refractivity contribution in [3.8, 4) is 0 Å². The monoisotopic (exact) mass is 345 g/mol. The van der Waals surface area contributed by atoms with Gasteiger partial charge in [-0.05, 0) is 29.8 Å². The van der Waals surface area contributed by atoms with E-state index in [-0.39, 0.29) is 5.92 Å². The van der Waals surface area contributed by atoms with Crippen LogP contribution in [0.4, 0.5) is 0 Å². The minimum atomic E-state index is -0.623. The molecule has 0 aliphatic rings. The Morgan fingerprint density at radius 2 is 2.11 bits per heavy atom. The minimum absolute atomic E-state index is 0.128. The molecule has 0 saturated heterocycles. The molecule has 0 bridgehead atoms. The van der Waals surface area contributed by atoms with E-state index in [1.165, 1.54) is 11.3 Å². The molecule has 0 spiro atoms. The number of hydrogen-bond donors (Lipinski definition) is 2. The van der Waals surface area contributed by atoms with Gasteiger partial charge in [-0.2, -0.15) is 0 Å². The second-order valence-electron chi connectivity index (χ2n) is 3.98. The van der Waals surface area contributed by atoms with Gasteiger partial charge < -0.3 is 10.8 Å². The maximum absolute atomic E-state index is 10.4. The zero-order valence-corrected chi connectivity index (χ0v) is 12.7. The molecule has 2 nitrogen and oxygen atoms in total. The summed E-state index contributed by atoms with van der Waals surface area (Å²) in [6, 6.07) is 11.5. The van der Waals surface area contributed by atoms with Gasteiger partial charge in [0.05, 0.1) is 10.4 Å². The van der Waals surface area contributed by atoms with E-state index < -0.39 is 6.10 Å². The molecule has 2 unspecified atom stereocenters. The zero-order chi connectivity index (χ0) is 13.1. The van der Waals surface area contributed by atoms with Gasteiger partial charge in [0, 0.05) is 21.8 Å². The fourth-order valence-electron chi connectivity index (χ4n) is 1.87. The molecule has 1 aromatic heterocycles. The van der Waals surface area contributed by atoms with Crippen molar-refractivity contribution in [1.29, 1.82) is 0 Å². The van der Waals surface area contributed by atoms with Crippen LogP contribution in [0.5, 0.6) is 0 Å². The molecular weight excluding hydrogens is 334 g/mol. The van der Waals surface area contributed by atoms with E-state index in [0.717, 1.165) is 14.9 Å². The lowest BCUT2D eigenvalue weighted by Gasteiger charge is -2.21. The highest BCUT2D eigenvalue weighted by molar-refractivity contribution is 9.10. The number of thiophene rings is 1. The van der Waals surface area contributed by atoms with Gasteiger partial charge >= 0.3 is 0 Å². The standard InChI is InChI=1S/C13H13BrClNOS/c14-9-3-1-2-8(6-9)10(7-16)13(17)11-4-5-12(15)18-11/h1-6,10,13,17H,7,16H2. The van der Waals surface area contributed by atoms with Crippen LogP contribution in [0.1, 0.15) is 22.5 Å². The molecule has 0 aliphatic carbocycles. The highest BCUT2D eigenvalue weighted by atomic mass is 79.9. The molecule has 0 saturated carbocycles. The molecule has 2 aromatic rings. The molecule has 1 aromatic carbocycles. The summed E-state index contributed by atoms with van der Waals surface area (Å²) in [5, 5.41) is 10.4. The van der Waals surface area contributed by atoms with Gasteiger partial charge in [0.1, 0.15) is 0 Å². The second-order valence-corrected chi connectivity index (χ2v) is 6.65. The van der Waals surface area contributed by atoms with E-state index >= 15 is 0 Å². The molecule has 0 radical (unpaired) electrons. The molecule has 2 rings (SSSR count). The summed E-state index contributed by atoms with van der Waals surface area (Å²) < 4.78 is 1.66. The Hall–Kier alpha value is -0.390. The third-order valence-electron chi connectivity index (χ3n) is 2.80. The molecule has 18 heavy (non-hydrogen) atoms. The van der Waals surface area contributed by atoms with Crippen LogP contribution in [0.2, 0.25) is 4.34 Å². The van der Waals surface area contributed by atoms with Crippen LogP contribution in [-0.4, -0.2) is 11.7 Å². The first-order chi connectivity index (χ1) is 8.61. The Morgan fingerprint density at radius 1 is 1.33 bits per heavy atom. The summed E-state index contributed by atoms with van der Waals surface area (Å²) in [6.07, 6.45) is -0.623. The first-order valence-electron chi connectivity index (χ1n) is 5.50. The number of hydrogen-bond acceptors (Lipinski definition) is 3. The number of aliphatic hydroxyl groups excluding tert-OH is 1. The average Bonchev–Trinajstić information content (AvgIpc) is 2.77. The highest BCUT2D eigenvalue weighted by Gasteiger charge is 2.23. The third kappa shape index (κ3) is 3.13.